The molecule has 0 saturated carbocycles. The van der Waals surface area contributed by atoms with Gasteiger partial charge in [-0.1, -0.05) is 18.8 Å². The van der Waals surface area contributed by atoms with Crippen LogP contribution in [0.15, 0.2) is 59.8 Å². The van der Waals surface area contributed by atoms with Gasteiger partial charge < -0.3 is 10.6 Å². The summed E-state index contributed by atoms with van der Waals surface area (Å²) in [7, 11) is -0.840. The molecule has 2 heterocycles. The maximum atomic E-state index is 11.9. The number of nitrogens with one attached hydrogen (secondary N) is 3. The number of anilines is 3. The van der Waals surface area contributed by atoms with E-state index in [1.165, 1.54) is 6.26 Å². The van der Waals surface area contributed by atoms with Crippen molar-refractivity contribution in [1.29, 1.82) is 4.78 Å². The number of benzene rings is 2. The summed E-state index contributed by atoms with van der Waals surface area (Å²) in [6.45, 7) is 4.19. The molecule has 4 rings (SSSR count). The van der Waals surface area contributed by atoms with E-state index in [0.29, 0.717) is 22.2 Å². The van der Waals surface area contributed by atoms with Gasteiger partial charge in [-0.2, -0.15) is 10.1 Å². The topological polar surface area (TPSA) is 109 Å². The van der Waals surface area contributed by atoms with Gasteiger partial charge in [0.15, 0.2) is 0 Å². The zero-order chi connectivity index (χ0) is 24.3. The molecule has 2 aromatic carbocycles. The van der Waals surface area contributed by atoms with Crippen molar-refractivity contribution in [3.63, 3.8) is 0 Å². The number of rotatable bonds is 6. The Hall–Kier alpha value is -3.90. The minimum atomic E-state index is -2.75. The lowest BCUT2D eigenvalue weighted by molar-refractivity contribution is 0.679. The second kappa shape index (κ2) is 9.53. The summed E-state index contributed by atoms with van der Waals surface area (Å²) >= 11 is 0. The van der Waals surface area contributed by atoms with Crippen LogP contribution < -0.4 is 10.6 Å². The van der Waals surface area contributed by atoms with Crippen LogP contribution >= 0.6 is 0 Å². The van der Waals surface area contributed by atoms with Gasteiger partial charge in [0.2, 0.25) is 5.95 Å². The first-order valence-electron chi connectivity index (χ1n) is 10.9. The molecule has 0 aliphatic heterocycles. The van der Waals surface area contributed by atoms with Crippen LogP contribution in [0.1, 0.15) is 31.4 Å². The second-order valence-corrected chi connectivity index (χ2v) is 10.4. The average Bonchev–Trinajstić information content (AvgIpc) is 3.18. The Morgan fingerprint density at radius 2 is 1.91 bits per heavy atom. The summed E-state index contributed by atoms with van der Waals surface area (Å²) in [6.07, 6.45) is 5.87. The third kappa shape index (κ3) is 5.35. The Labute approximate surface area is 199 Å². The minimum absolute atomic E-state index is 0.211. The van der Waals surface area contributed by atoms with Gasteiger partial charge in [0.25, 0.3) is 0 Å². The first-order valence-corrected chi connectivity index (χ1v) is 12.9. The van der Waals surface area contributed by atoms with Crippen molar-refractivity contribution in [3.8, 4) is 11.8 Å². The lowest BCUT2D eigenvalue weighted by atomic mass is 10.1. The third-order valence-corrected chi connectivity index (χ3v) is 6.61. The van der Waals surface area contributed by atoms with Crippen LogP contribution in [0, 0.1) is 16.6 Å². The summed E-state index contributed by atoms with van der Waals surface area (Å²) in [4.78, 5) is 9.57. The molecule has 34 heavy (non-hydrogen) atoms. The highest BCUT2D eigenvalue weighted by Gasteiger charge is 2.10. The molecule has 1 unspecified atom stereocenters. The van der Waals surface area contributed by atoms with E-state index in [2.05, 4.69) is 51.4 Å². The van der Waals surface area contributed by atoms with Gasteiger partial charge >= 0.3 is 0 Å². The lowest BCUT2D eigenvalue weighted by Gasteiger charge is -2.15. The maximum Gasteiger partial charge on any atom is 0.229 e. The van der Waals surface area contributed by atoms with Crippen molar-refractivity contribution in [2.75, 3.05) is 16.9 Å². The van der Waals surface area contributed by atoms with Crippen LogP contribution in [-0.2, 0) is 16.8 Å². The van der Waals surface area contributed by atoms with E-state index >= 15 is 0 Å². The van der Waals surface area contributed by atoms with Gasteiger partial charge in [-0.25, -0.2) is 14.0 Å². The molecule has 0 saturated heterocycles. The summed E-state index contributed by atoms with van der Waals surface area (Å²) < 4.78 is 21.4. The molecule has 0 spiro atoms. The highest BCUT2D eigenvalue weighted by molar-refractivity contribution is 7.91. The summed E-state index contributed by atoms with van der Waals surface area (Å²) in [5.41, 5.74) is 3.35. The van der Waals surface area contributed by atoms with Crippen LogP contribution in [0.25, 0.3) is 10.9 Å². The van der Waals surface area contributed by atoms with Crippen LogP contribution in [0.4, 0.5) is 17.5 Å². The van der Waals surface area contributed by atoms with Gasteiger partial charge in [-0.15, -0.1) is 0 Å². The quantitative estimate of drug-likeness (QED) is 0.349. The zero-order valence-electron chi connectivity index (χ0n) is 19.6. The standard InChI is InChI=1S/C25H27N7OS/c1-5-17(2)29-24-20(9-7-18-6-8-19-16-28-32(3)23(19)14-18)15-27-25(31-24)30-21-10-12-22(13-11-21)34(4,26)33/h6,8,10-17,26H,5H2,1-4H3,(H2,27,29,30,31)/t17-,34?/m1/s1. The number of aryl methyl sites for hydroxylation is 1. The predicted octanol–water partition coefficient (Wildman–Crippen LogP) is 4.75. The van der Waals surface area contributed by atoms with E-state index in [-0.39, 0.29) is 6.04 Å². The molecule has 9 heteroatoms. The summed E-state index contributed by atoms with van der Waals surface area (Å²) in [5, 5.41) is 11.9. The van der Waals surface area contributed by atoms with E-state index in [1.807, 2.05) is 36.1 Å². The van der Waals surface area contributed by atoms with Crippen molar-refractivity contribution in [2.45, 2.75) is 31.2 Å². The predicted molar refractivity (Wildman–Crippen MR) is 137 cm³/mol. The van der Waals surface area contributed by atoms with Gasteiger partial charge in [-0.05, 0) is 55.8 Å². The molecular weight excluding hydrogens is 446 g/mol. The first-order chi connectivity index (χ1) is 16.2. The van der Waals surface area contributed by atoms with Crippen molar-refractivity contribution in [2.24, 2.45) is 7.05 Å². The van der Waals surface area contributed by atoms with Gasteiger partial charge in [0, 0.05) is 40.9 Å². The summed E-state index contributed by atoms with van der Waals surface area (Å²) in [6, 6.07) is 13.1. The van der Waals surface area contributed by atoms with E-state index in [9.17, 15) is 4.21 Å². The largest absolute Gasteiger partial charge is 0.366 e. The molecule has 4 aromatic rings. The zero-order valence-corrected chi connectivity index (χ0v) is 20.4. The Morgan fingerprint density at radius 3 is 2.62 bits per heavy atom. The molecule has 0 fully saturated rings. The van der Waals surface area contributed by atoms with Crippen LogP contribution in [0.2, 0.25) is 0 Å². The normalized spacial score (nSPS) is 13.5. The Kier molecular flexibility index (Phi) is 6.52. The van der Waals surface area contributed by atoms with E-state index in [1.54, 1.807) is 30.5 Å². The van der Waals surface area contributed by atoms with Crippen LogP contribution in [0.5, 0.6) is 0 Å². The Morgan fingerprint density at radius 1 is 1.15 bits per heavy atom. The molecule has 174 valence electrons. The molecular formula is C25H27N7OS. The molecule has 2 aromatic heterocycles. The highest BCUT2D eigenvalue weighted by atomic mass is 32.2. The minimum Gasteiger partial charge on any atom is -0.366 e. The summed E-state index contributed by atoms with van der Waals surface area (Å²) in [5.74, 6) is 7.49. The van der Waals surface area contributed by atoms with E-state index < -0.39 is 9.73 Å². The number of nitrogens with zero attached hydrogens (tertiary/aromatic N) is 4. The lowest BCUT2D eigenvalue weighted by Crippen LogP contribution is -2.16. The van der Waals surface area contributed by atoms with Crippen LogP contribution in [-0.4, -0.2) is 36.3 Å². The molecule has 0 aliphatic rings. The third-order valence-electron chi connectivity index (χ3n) is 5.44. The fourth-order valence-electron chi connectivity index (χ4n) is 3.27. The highest BCUT2D eigenvalue weighted by Crippen LogP contribution is 2.21. The van der Waals surface area contributed by atoms with E-state index in [4.69, 9.17) is 4.78 Å². The smallest absolute Gasteiger partial charge is 0.229 e. The fourth-order valence-corrected chi connectivity index (χ4v) is 3.92. The van der Waals surface area contributed by atoms with E-state index in [0.717, 1.165) is 28.6 Å². The van der Waals surface area contributed by atoms with Crippen molar-refractivity contribution >= 4 is 38.1 Å². The van der Waals surface area contributed by atoms with Crippen molar-refractivity contribution in [1.82, 2.24) is 19.7 Å². The molecule has 2 atom stereocenters. The Bertz CT molecular complexity index is 1500. The SMILES string of the molecule is CC[C@@H](C)Nc1nc(Nc2ccc(S(C)(=N)=O)cc2)ncc1C#Cc1ccc2cnn(C)c2c1. The molecule has 0 bridgehead atoms. The molecule has 0 radical (unpaired) electrons. The van der Waals surface area contributed by atoms with Crippen molar-refractivity contribution in [3.05, 3.63) is 66.0 Å². The number of fused-ring (bicyclic) bond motifs is 1. The molecule has 8 nitrogen and oxygen atoms in total. The van der Waals surface area contributed by atoms with Gasteiger partial charge in [-0.3, -0.25) is 4.68 Å². The average molecular weight is 474 g/mol. The van der Waals surface area contributed by atoms with Gasteiger partial charge in [0.1, 0.15) is 5.82 Å². The molecule has 3 N–H and O–H groups in total. The van der Waals surface area contributed by atoms with Gasteiger partial charge in [0.05, 0.1) is 33.2 Å². The first kappa shape index (κ1) is 23.3. The molecule has 0 amide bonds. The number of hydrogen-bond acceptors (Lipinski definition) is 7. The second-order valence-electron chi connectivity index (χ2n) is 8.19. The van der Waals surface area contributed by atoms with Crippen molar-refractivity contribution < 1.29 is 4.21 Å². The number of hydrogen-bond donors (Lipinski definition) is 3. The maximum absolute atomic E-state index is 11.9. The number of aromatic nitrogens is 4. The monoisotopic (exact) mass is 473 g/mol. The molecule has 0 aliphatic carbocycles. The Balaban J connectivity index is 1.62. The fraction of sp³-hybridized carbons (Fsp3) is 0.240. The van der Waals surface area contributed by atoms with Crippen LogP contribution in [0.3, 0.4) is 0 Å².